The Hall–Kier alpha value is -1.06. The summed E-state index contributed by atoms with van der Waals surface area (Å²) in [4.78, 5) is 0. The first kappa shape index (κ1) is 12.0. The zero-order valence-corrected chi connectivity index (χ0v) is 8.80. The lowest BCUT2D eigenvalue weighted by Gasteiger charge is -2.24. The van der Waals surface area contributed by atoms with Gasteiger partial charge in [0.25, 0.3) is 0 Å². The summed E-state index contributed by atoms with van der Waals surface area (Å²) in [5.74, 6) is -6.17. The lowest BCUT2D eigenvalue weighted by molar-refractivity contribution is 0.382. The molecule has 0 bridgehead atoms. The van der Waals surface area contributed by atoms with Crippen LogP contribution in [0.3, 0.4) is 0 Å². The molecule has 1 aromatic carbocycles. The smallest absolute Gasteiger partial charge is 0.197 e. The third-order valence-corrected chi connectivity index (χ3v) is 2.72. The summed E-state index contributed by atoms with van der Waals surface area (Å²) in [5.41, 5.74) is -0.860. The molecule has 1 aromatic rings. The van der Waals surface area contributed by atoms with Gasteiger partial charge < -0.3 is 0 Å². The Labute approximate surface area is 85.9 Å². The van der Waals surface area contributed by atoms with Crippen molar-refractivity contribution in [3.05, 3.63) is 34.9 Å². The molecule has 0 unspecified atom stereocenters. The molecule has 0 N–H and O–H groups in total. The van der Waals surface area contributed by atoms with Gasteiger partial charge >= 0.3 is 0 Å². The van der Waals surface area contributed by atoms with Gasteiger partial charge in [0, 0.05) is 0 Å². The molecule has 0 fully saturated rings. The number of benzene rings is 1. The van der Waals surface area contributed by atoms with Crippen LogP contribution in [0.4, 0.5) is 17.6 Å². The van der Waals surface area contributed by atoms with E-state index in [1.165, 1.54) is 0 Å². The Kier molecular flexibility index (Phi) is 3.07. The first-order chi connectivity index (χ1) is 6.81. The molecule has 0 nitrogen and oxygen atoms in total. The average Bonchev–Trinajstić information content (AvgIpc) is 2.20. The van der Waals surface area contributed by atoms with E-state index in [1.807, 2.05) is 0 Å². The van der Waals surface area contributed by atoms with E-state index >= 15 is 0 Å². The van der Waals surface area contributed by atoms with Gasteiger partial charge in [-0.1, -0.05) is 20.8 Å². The van der Waals surface area contributed by atoms with Crippen molar-refractivity contribution in [3.8, 4) is 0 Å². The van der Waals surface area contributed by atoms with E-state index in [4.69, 9.17) is 0 Å². The molecule has 0 radical (unpaired) electrons. The third kappa shape index (κ3) is 1.98. The minimum atomic E-state index is -1.76. The van der Waals surface area contributed by atoms with Gasteiger partial charge in [0.15, 0.2) is 23.3 Å². The van der Waals surface area contributed by atoms with Crippen LogP contribution in [0.15, 0.2) is 6.07 Å². The molecule has 15 heavy (non-hydrogen) atoms. The molecular weight excluding hydrogens is 208 g/mol. The summed E-state index contributed by atoms with van der Waals surface area (Å²) >= 11 is 0. The van der Waals surface area contributed by atoms with Crippen LogP contribution in [0.1, 0.15) is 32.8 Å². The number of hydrogen-bond donors (Lipinski definition) is 0. The van der Waals surface area contributed by atoms with Crippen LogP contribution in [0.2, 0.25) is 0 Å². The Balaban J connectivity index is 3.45. The van der Waals surface area contributed by atoms with Gasteiger partial charge in [0.1, 0.15) is 0 Å². The van der Waals surface area contributed by atoms with Crippen LogP contribution in [-0.2, 0) is 5.41 Å². The maximum Gasteiger partial charge on any atom is 0.197 e. The highest BCUT2D eigenvalue weighted by Gasteiger charge is 2.28. The largest absolute Gasteiger partial charge is 0.204 e. The van der Waals surface area contributed by atoms with E-state index in [9.17, 15) is 17.6 Å². The molecule has 1 rings (SSSR count). The van der Waals surface area contributed by atoms with Gasteiger partial charge in [-0.2, -0.15) is 0 Å². The fraction of sp³-hybridized carbons (Fsp3) is 0.455. The second-order valence-electron chi connectivity index (χ2n) is 4.09. The van der Waals surface area contributed by atoms with E-state index in [2.05, 4.69) is 0 Å². The number of rotatable bonds is 2. The fourth-order valence-electron chi connectivity index (χ4n) is 1.26. The van der Waals surface area contributed by atoms with Gasteiger partial charge in [-0.25, -0.2) is 17.6 Å². The first-order valence-corrected chi connectivity index (χ1v) is 4.64. The van der Waals surface area contributed by atoms with Crippen molar-refractivity contribution in [1.82, 2.24) is 0 Å². The zero-order valence-electron chi connectivity index (χ0n) is 8.80. The van der Waals surface area contributed by atoms with Crippen molar-refractivity contribution in [2.45, 2.75) is 32.6 Å². The summed E-state index contributed by atoms with van der Waals surface area (Å²) in [6.45, 7) is 5.04. The molecule has 0 aliphatic heterocycles. The molecular formula is C11H12F4. The Morgan fingerprint density at radius 3 is 2.00 bits per heavy atom. The Morgan fingerprint density at radius 2 is 1.53 bits per heavy atom. The maximum absolute atomic E-state index is 13.3. The van der Waals surface area contributed by atoms with Gasteiger partial charge in [0.05, 0.1) is 0 Å². The minimum absolute atomic E-state index is 0.138. The molecule has 0 spiro atoms. The number of halogens is 4. The molecule has 0 amide bonds. The quantitative estimate of drug-likeness (QED) is 0.402. The average molecular weight is 220 g/mol. The molecule has 84 valence electrons. The van der Waals surface area contributed by atoms with Crippen molar-refractivity contribution >= 4 is 0 Å². The minimum Gasteiger partial charge on any atom is -0.204 e. The summed E-state index contributed by atoms with van der Waals surface area (Å²) in [6, 6.07) is 0.719. The summed E-state index contributed by atoms with van der Waals surface area (Å²) in [5, 5.41) is 0. The van der Waals surface area contributed by atoms with Gasteiger partial charge in [-0.3, -0.25) is 0 Å². The van der Waals surface area contributed by atoms with Crippen molar-refractivity contribution in [3.63, 3.8) is 0 Å². The monoisotopic (exact) mass is 220 g/mol. The standard InChI is InChI=1S/C11H12F4/c1-4-11(2,3)6-5-7(12)9(14)10(15)8(6)13/h5H,4H2,1-3H3. The van der Waals surface area contributed by atoms with Crippen LogP contribution < -0.4 is 0 Å². The molecule has 0 saturated carbocycles. The lowest BCUT2D eigenvalue weighted by Crippen LogP contribution is -2.19. The van der Waals surface area contributed by atoms with Crippen LogP contribution in [-0.4, -0.2) is 0 Å². The van der Waals surface area contributed by atoms with Crippen LogP contribution in [0, 0.1) is 23.3 Å². The topological polar surface area (TPSA) is 0 Å². The fourth-order valence-corrected chi connectivity index (χ4v) is 1.26. The van der Waals surface area contributed by atoms with Crippen molar-refractivity contribution in [2.24, 2.45) is 0 Å². The predicted octanol–water partition coefficient (Wildman–Crippen LogP) is 3.93. The number of hydrogen-bond acceptors (Lipinski definition) is 0. The second kappa shape index (κ2) is 3.83. The van der Waals surface area contributed by atoms with E-state index in [0.29, 0.717) is 6.42 Å². The van der Waals surface area contributed by atoms with Crippen molar-refractivity contribution < 1.29 is 17.6 Å². The van der Waals surface area contributed by atoms with Gasteiger partial charge in [0.2, 0.25) is 0 Å². The van der Waals surface area contributed by atoms with Crippen LogP contribution in [0.25, 0.3) is 0 Å². The lowest BCUT2D eigenvalue weighted by atomic mass is 9.82. The Bertz CT molecular complexity index is 383. The summed E-state index contributed by atoms with van der Waals surface area (Å²) < 4.78 is 51.9. The predicted molar refractivity (Wildman–Crippen MR) is 49.6 cm³/mol. The van der Waals surface area contributed by atoms with E-state index in [1.54, 1.807) is 20.8 Å². The molecule has 0 atom stereocenters. The molecule has 0 aliphatic rings. The van der Waals surface area contributed by atoms with E-state index in [-0.39, 0.29) is 5.56 Å². The molecule has 0 aromatic heterocycles. The normalized spacial score (nSPS) is 11.9. The maximum atomic E-state index is 13.3. The summed E-state index contributed by atoms with van der Waals surface area (Å²) in [7, 11) is 0. The van der Waals surface area contributed by atoms with Crippen LogP contribution >= 0.6 is 0 Å². The second-order valence-corrected chi connectivity index (χ2v) is 4.09. The first-order valence-electron chi connectivity index (χ1n) is 4.64. The molecule has 0 aliphatic carbocycles. The SMILES string of the molecule is CCC(C)(C)c1cc(F)c(F)c(F)c1F. The van der Waals surface area contributed by atoms with Crippen molar-refractivity contribution in [1.29, 1.82) is 0 Å². The van der Waals surface area contributed by atoms with Gasteiger partial charge in [-0.15, -0.1) is 0 Å². The highest BCUT2D eigenvalue weighted by molar-refractivity contribution is 5.28. The molecule has 4 heteroatoms. The summed E-state index contributed by atoms with van der Waals surface area (Å²) in [6.07, 6.45) is 0.494. The highest BCUT2D eigenvalue weighted by Crippen LogP contribution is 2.31. The molecule has 0 saturated heterocycles. The van der Waals surface area contributed by atoms with Crippen LogP contribution in [0.5, 0.6) is 0 Å². The Morgan fingerprint density at radius 1 is 1.00 bits per heavy atom. The van der Waals surface area contributed by atoms with Crippen molar-refractivity contribution in [2.75, 3.05) is 0 Å². The van der Waals surface area contributed by atoms with E-state index < -0.39 is 28.7 Å². The highest BCUT2D eigenvalue weighted by atomic mass is 19.2. The zero-order chi connectivity index (χ0) is 11.8. The third-order valence-electron chi connectivity index (χ3n) is 2.72. The van der Waals surface area contributed by atoms with Gasteiger partial charge in [-0.05, 0) is 23.5 Å². The molecule has 0 heterocycles. The van der Waals surface area contributed by atoms with E-state index in [0.717, 1.165) is 6.07 Å².